The number of ether oxygens (including phenoxy) is 2. The summed E-state index contributed by atoms with van der Waals surface area (Å²) in [4.78, 5) is 12.0. The van der Waals surface area contributed by atoms with Gasteiger partial charge in [-0.3, -0.25) is 4.79 Å². The van der Waals surface area contributed by atoms with Crippen molar-refractivity contribution in [3.63, 3.8) is 0 Å². The van der Waals surface area contributed by atoms with E-state index in [0.29, 0.717) is 19.8 Å². The molecule has 0 spiro atoms. The van der Waals surface area contributed by atoms with Crippen molar-refractivity contribution < 1.29 is 14.3 Å². The van der Waals surface area contributed by atoms with Crippen molar-refractivity contribution in [2.45, 2.75) is 39.0 Å². The standard InChI is InChI=1S/C23H32N2O3/c1-2-3-4-5-9-16-24-19-23(26)25-20-12-14-22(15-13-20)28-18-17-27-21-10-7-6-8-11-21/h6-8,10-15,24H,2-5,9,16-19H2,1H3,(H,25,26). The lowest BCUT2D eigenvalue weighted by Gasteiger charge is -2.10. The SMILES string of the molecule is CCCCCCCNCC(=O)Nc1ccc(OCCOc2ccccc2)cc1. The third-order valence-electron chi connectivity index (χ3n) is 4.24. The Kier molecular flexibility index (Phi) is 10.6. The van der Waals surface area contributed by atoms with Gasteiger partial charge in [-0.1, -0.05) is 50.8 Å². The van der Waals surface area contributed by atoms with Crippen molar-refractivity contribution in [3.05, 3.63) is 54.6 Å². The van der Waals surface area contributed by atoms with Crippen LogP contribution < -0.4 is 20.1 Å². The van der Waals surface area contributed by atoms with E-state index in [1.807, 2.05) is 54.6 Å². The molecule has 5 nitrogen and oxygen atoms in total. The third-order valence-corrected chi connectivity index (χ3v) is 4.24. The minimum absolute atomic E-state index is 0.0292. The lowest BCUT2D eigenvalue weighted by atomic mass is 10.1. The van der Waals surface area contributed by atoms with Gasteiger partial charge in [0.2, 0.25) is 5.91 Å². The second kappa shape index (κ2) is 13.6. The Balaban J connectivity index is 1.56. The summed E-state index contributed by atoms with van der Waals surface area (Å²) >= 11 is 0. The van der Waals surface area contributed by atoms with Crippen LogP contribution in [0.1, 0.15) is 39.0 Å². The van der Waals surface area contributed by atoms with E-state index in [2.05, 4.69) is 17.6 Å². The topological polar surface area (TPSA) is 59.6 Å². The Morgan fingerprint density at radius 2 is 1.46 bits per heavy atom. The molecule has 2 rings (SSSR count). The van der Waals surface area contributed by atoms with Crippen molar-refractivity contribution in [2.75, 3.05) is 31.6 Å². The Labute approximate surface area is 168 Å². The van der Waals surface area contributed by atoms with Crippen LogP contribution in [0.3, 0.4) is 0 Å². The number of rotatable bonds is 14. The van der Waals surface area contributed by atoms with Gasteiger partial charge in [0.15, 0.2) is 0 Å². The van der Waals surface area contributed by atoms with Crippen LogP contribution in [-0.4, -0.2) is 32.2 Å². The smallest absolute Gasteiger partial charge is 0.238 e. The second-order valence-corrected chi connectivity index (χ2v) is 6.67. The molecule has 0 atom stereocenters. The molecule has 0 heterocycles. The highest BCUT2D eigenvalue weighted by Crippen LogP contribution is 2.16. The Morgan fingerprint density at radius 3 is 2.14 bits per heavy atom. The van der Waals surface area contributed by atoms with Gasteiger partial charge in [0.1, 0.15) is 24.7 Å². The number of para-hydroxylation sites is 1. The van der Waals surface area contributed by atoms with Gasteiger partial charge >= 0.3 is 0 Å². The van der Waals surface area contributed by atoms with E-state index in [0.717, 1.165) is 30.2 Å². The van der Waals surface area contributed by atoms with Crippen LogP contribution >= 0.6 is 0 Å². The summed E-state index contributed by atoms with van der Waals surface area (Å²) in [5.41, 5.74) is 0.766. The highest BCUT2D eigenvalue weighted by atomic mass is 16.5. The van der Waals surface area contributed by atoms with E-state index < -0.39 is 0 Å². The van der Waals surface area contributed by atoms with Gasteiger partial charge in [0, 0.05) is 5.69 Å². The van der Waals surface area contributed by atoms with Crippen LogP contribution in [-0.2, 0) is 4.79 Å². The molecule has 0 aromatic heterocycles. The zero-order chi connectivity index (χ0) is 19.9. The number of unbranched alkanes of at least 4 members (excludes halogenated alkanes) is 4. The first-order chi connectivity index (χ1) is 13.8. The molecule has 0 unspecified atom stereocenters. The largest absolute Gasteiger partial charge is 0.490 e. The summed E-state index contributed by atoms with van der Waals surface area (Å²) in [5, 5.41) is 6.08. The van der Waals surface area contributed by atoms with Gasteiger partial charge in [-0.05, 0) is 49.4 Å². The number of carbonyl (C=O) groups excluding carboxylic acids is 1. The first-order valence-electron chi connectivity index (χ1n) is 10.2. The Morgan fingerprint density at radius 1 is 0.821 bits per heavy atom. The van der Waals surface area contributed by atoms with Crippen molar-refractivity contribution >= 4 is 11.6 Å². The van der Waals surface area contributed by atoms with Crippen LogP contribution in [0.4, 0.5) is 5.69 Å². The van der Waals surface area contributed by atoms with Gasteiger partial charge < -0.3 is 20.1 Å². The van der Waals surface area contributed by atoms with E-state index >= 15 is 0 Å². The van der Waals surface area contributed by atoms with Gasteiger partial charge in [0.25, 0.3) is 0 Å². The third kappa shape index (κ3) is 9.42. The number of nitrogens with one attached hydrogen (secondary N) is 2. The molecular formula is C23H32N2O3. The zero-order valence-corrected chi connectivity index (χ0v) is 16.8. The Hall–Kier alpha value is -2.53. The summed E-state index contributed by atoms with van der Waals surface area (Å²) < 4.78 is 11.2. The first kappa shape index (κ1) is 21.8. The molecule has 0 aliphatic rings. The van der Waals surface area contributed by atoms with E-state index in [1.54, 1.807) is 0 Å². The number of amides is 1. The van der Waals surface area contributed by atoms with Crippen molar-refractivity contribution in [1.29, 1.82) is 0 Å². The summed E-state index contributed by atoms with van der Waals surface area (Å²) in [6.45, 7) is 4.37. The van der Waals surface area contributed by atoms with E-state index in [1.165, 1.54) is 25.7 Å². The quantitative estimate of drug-likeness (QED) is 0.466. The molecule has 152 valence electrons. The van der Waals surface area contributed by atoms with Crippen molar-refractivity contribution in [1.82, 2.24) is 5.32 Å². The maximum absolute atomic E-state index is 12.0. The number of hydrogen-bond acceptors (Lipinski definition) is 4. The van der Waals surface area contributed by atoms with E-state index in [4.69, 9.17) is 9.47 Å². The van der Waals surface area contributed by atoms with E-state index in [9.17, 15) is 4.79 Å². The first-order valence-corrected chi connectivity index (χ1v) is 10.2. The summed E-state index contributed by atoms with van der Waals surface area (Å²) in [6.07, 6.45) is 6.16. The lowest BCUT2D eigenvalue weighted by Crippen LogP contribution is -2.28. The molecule has 2 aromatic carbocycles. The highest BCUT2D eigenvalue weighted by molar-refractivity contribution is 5.92. The fourth-order valence-corrected chi connectivity index (χ4v) is 2.73. The van der Waals surface area contributed by atoms with Crippen molar-refractivity contribution in [2.24, 2.45) is 0 Å². The minimum atomic E-state index is -0.0292. The zero-order valence-electron chi connectivity index (χ0n) is 16.8. The fourth-order valence-electron chi connectivity index (χ4n) is 2.73. The van der Waals surface area contributed by atoms with Gasteiger partial charge in [-0.2, -0.15) is 0 Å². The predicted molar refractivity (Wildman–Crippen MR) is 114 cm³/mol. The number of hydrogen-bond donors (Lipinski definition) is 2. The molecule has 1 amide bonds. The maximum atomic E-state index is 12.0. The average Bonchev–Trinajstić information content (AvgIpc) is 2.72. The van der Waals surface area contributed by atoms with Crippen LogP contribution in [0.25, 0.3) is 0 Å². The summed E-state index contributed by atoms with van der Waals surface area (Å²) in [5.74, 6) is 1.55. The average molecular weight is 385 g/mol. The molecule has 0 bridgehead atoms. The monoisotopic (exact) mass is 384 g/mol. The minimum Gasteiger partial charge on any atom is -0.490 e. The van der Waals surface area contributed by atoms with Crippen LogP contribution in [0, 0.1) is 0 Å². The number of anilines is 1. The molecule has 2 N–H and O–H groups in total. The number of carbonyl (C=O) groups is 1. The molecule has 0 aliphatic carbocycles. The van der Waals surface area contributed by atoms with Gasteiger partial charge in [0.05, 0.1) is 6.54 Å². The maximum Gasteiger partial charge on any atom is 0.238 e. The molecule has 28 heavy (non-hydrogen) atoms. The molecule has 0 radical (unpaired) electrons. The summed E-state index contributed by atoms with van der Waals surface area (Å²) in [6, 6.07) is 17.0. The van der Waals surface area contributed by atoms with Crippen LogP contribution in [0.15, 0.2) is 54.6 Å². The number of benzene rings is 2. The van der Waals surface area contributed by atoms with E-state index in [-0.39, 0.29) is 5.91 Å². The van der Waals surface area contributed by atoms with Crippen molar-refractivity contribution in [3.8, 4) is 11.5 Å². The molecule has 2 aromatic rings. The Bertz CT molecular complexity index is 659. The van der Waals surface area contributed by atoms with Crippen LogP contribution in [0.5, 0.6) is 11.5 Å². The molecular weight excluding hydrogens is 352 g/mol. The molecule has 0 saturated heterocycles. The normalized spacial score (nSPS) is 10.5. The highest BCUT2D eigenvalue weighted by Gasteiger charge is 2.02. The van der Waals surface area contributed by atoms with Gasteiger partial charge in [-0.25, -0.2) is 0 Å². The molecule has 5 heteroatoms. The molecule has 0 aliphatic heterocycles. The molecule has 0 fully saturated rings. The van der Waals surface area contributed by atoms with Crippen LogP contribution in [0.2, 0.25) is 0 Å². The molecule has 0 saturated carbocycles. The predicted octanol–water partition coefficient (Wildman–Crippen LogP) is 4.64. The lowest BCUT2D eigenvalue weighted by molar-refractivity contribution is -0.115. The second-order valence-electron chi connectivity index (χ2n) is 6.67. The van der Waals surface area contributed by atoms with Gasteiger partial charge in [-0.15, -0.1) is 0 Å². The summed E-state index contributed by atoms with van der Waals surface area (Å²) in [7, 11) is 0. The fraction of sp³-hybridized carbons (Fsp3) is 0.435.